The lowest BCUT2D eigenvalue weighted by molar-refractivity contribution is 0.00781. The van der Waals surface area contributed by atoms with E-state index in [0.29, 0.717) is 17.6 Å². The van der Waals surface area contributed by atoms with Gasteiger partial charge in [0.1, 0.15) is 5.75 Å². The zero-order valence-electron chi connectivity index (χ0n) is 12.9. The monoisotopic (exact) mass is 312 g/mol. The van der Waals surface area contributed by atoms with Crippen molar-refractivity contribution in [1.82, 2.24) is 19.9 Å². The molecule has 1 saturated carbocycles. The van der Waals surface area contributed by atoms with E-state index in [1.807, 2.05) is 12.1 Å². The van der Waals surface area contributed by atoms with Crippen LogP contribution in [0.25, 0.3) is 0 Å². The molecule has 0 radical (unpaired) electrons. The Morgan fingerprint density at radius 3 is 2.74 bits per heavy atom. The number of hydrogen-bond acceptors (Lipinski definition) is 6. The molecule has 0 spiro atoms. The Morgan fingerprint density at radius 2 is 2.00 bits per heavy atom. The van der Waals surface area contributed by atoms with Crippen LogP contribution in [-0.2, 0) is 0 Å². The highest BCUT2D eigenvalue weighted by Gasteiger charge is 2.45. The second-order valence-corrected chi connectivity index (χ2v) is 6.89. The second-order valence-electron chi connectivity index (χ2n) is 6.89. The predicted molar refractivity (Wildman–Crippen MR) is 83.3 cm³/mol. The lowest BCUT2D eigenvalue weighted by Gasteiger charge is -2.46. The van der Waals surface area contributed by atoms with Crippen LogP contribution < -0.4 is 0 Å². The summed E-state index contributed by atoms with van der Waals surface area (Å²) in [4.78, 5) is 9.65. The van der Waals surface area contributed by atoms with Gasteiger partial charge in [-0.25, -0.2) is 0 Å². The Kier molecular flexibility index (Phi) is 2.96. The SMILES string of the molecule is Oc1cccc([C@@H]2C[C@H]2c2nc(C3CN4CCN3CC4)no2)c1. The first kappa shape index (κ1) is 13.5. The predicted octanol–water partition coefficient (Wildman–Crippen LogP) is 1.72. The molecule has 1 aliphatic carbocycles. The summed E-state index contributed by atoms with van der Waals surface area (Å²) in [6.45, 7) is 5.53. The fraction of sp³-hybridized carbons (Fsp3) is 0.529. The van der Waals surface area contributed by atoms with Gasteiger partial charge >= 0.3 is 0 Å². The van der Waals surface area contributed by atoms with Gasteiger partial charge in [-0.1, -0.05) is 17.3 Å². The van der Waals surface area contributed by atoms with Crippen LogP contribution in [0.5, 0.6) is 5.75 Å². The highest BCUT2D eigenvalue weighted by Crippen LogP contribution is 2.54. The molecule has 0 amide bonds. The summed E-state index contributed by atoms with van der Waals surface area (Å²) in [7, 11) is 0. The number of rotatable bonds is 3. The van der Waals surface area contributed by atoms with E-state index in [4.69, 9.17) is 9.51 Å². The number of phenolic OH excluding ortho intramolecular Hbond substituents is 1. The number of phenols is 1. The molecule has 3 aliphatic heterocycles. The molecule has 4 aliphatic rings. The molecule has 6 heteroatoms. The smallest absolute Gasteiger partial charge is 0.230 e. The summed E-state index contributed by atoms with van der Waals surface area (Å²) in [5, 5.41) is 13.9. The molecule has 3 saturated heterocycles. The minimum absolute atomic E-state index is 0.285. The van der Waals surface area contributed by atoms with E-state index in [9.17, 15) is 5.11 Å². The summed E-state index contributed by atoms with van der Waals surface area (Å²) < 4.78 is 5.56. The minimum atomic E-state index is 0.285. The second kappa shape index (κ2) is 5.04. The van der Waals surface area contributed by atoms with Gasteiger partial charge in [0.15, 0.2) is 5.82 Å². The summed E-state index contributed by atoms with van der Waals surface area (Å²) in [5.74, 6) is 2.60. The largest absolute Gasteiger partial charge is 0.508 e. The number of nitrogens with zero attached hydrogens (tertiary/aromatic N) is 4. The molecule has 23 heavy (non-hydrogen) atoms. The van der Waals surface area contributed by atoms with Crippen molar-refractivity contribution in [3.63, 3.8) is 0 Å². The van der Waals surface area contributed by atoms with E-state index in [1.165, 1.54) is 0 Å². The maximum atomic E-state index is 9.62. The van der Waals surface area contributed by atoms with Gasteiger partial charge in [0.2, 0.25) is 5.89 Å². The lowest BCUT2D eigenvalue weighted by Crippen LogP contribution is -2.57. The Balaban J connectivity index is 1.33. The van der Waals surface area contributed by atoms with Crippen molar-refractivity contribution in [2.45, 2.75) is 24.3 Å². The van der Waals surface area contributed by atoms with Crippen LogP contribution in [0.4, 0.5) is 0 Å². The highest BCUT2D eigenvalue weighted by atomic mass is 16.5. The summed E-state index contributed by atoms with van der Waals surface area (Å²) in [6.07, 6.45) is 1.02. The Labute approximate surface area is 134 Å². The molecule has 1 N–H and O–H groups in total. The van der Waals surface area contributed by atoms with Gasteiger partial charge in [-0.05, 0) is 30.0 Å². The molecular weight excluding hydrogens is 292 g/mol. The molecule has 6 nitrogen and oxygen atoms in total. The van der Waals surface area contributed by atoms with Crippen molar-refractivity contribution < 1.29 is 9.63 Å². The first-order chi connectivity index (χ1) is 11.3. The molecule has 120 valence electrons. The Hall–Kier alpha value is -1.92. The Morgan fingerprint density at radius 1 is 1.13 bits per heavy atom. The molecular formula is C17H20N4O2. The van der Waals surface area contributed by atoms with E-state index >= 15 is 0 Å². The Bertz CT molecular complexity index is 723. The quantitative estimate of drug-likeness (QED) is 0.931. The fourth-order valence-corrected chi connectivity index (χ4v) is 3.99. The normalized spacial score (nSPS) is 35.4. The van der Waals surface area contributed by atoms with Crippen LogP contribution in [0, 0.1) is 0 Å². The van der Waals surface area contributed by atoms with E-state index in [1.54, 1.807) is 6.07 Å². The fourth-order valence-electron chi connectivity index (χ4n) is 3.99. The maximum absolute atomic E-state index is 9.62. The molecule has 1 aromatic heterocycles. The summed E-state index contributed by atoms with van der Waals surface area (Å²) in [6, 6.07) is 7.77. The number of benzene rings is 1. The topological polar surface area (TPSA) is 65.6 Å². The first-order valence-corrected chi connectivity index (χ1v) is 8.37. The lowest BCUT2D eigenvalue weighted by atomic mass is 10.1. The van der Waals surface area contributed by atoms with Crippen LogP contribution in [0.3, 0.4) is 0 Å². The zero-order valence-corrected chi connectivity index (χ0v) is 12.9. The van der Waals surface area contributed by atoms with Gasteiger partial charge in [0.05, 0.1) is 6.04 Å². The summed E-state index contributed by atoms with van der Waals surface area (Å²) >= 11 is 0. The third kappa shape index (κ3) is 2.33. The first-order valence-electron chi connectivity index (χ1n) is 8.37. The molecule has 6 rings (SSSR count). The maximum Gasteiger partial charge on any atom is 0.230 e. The zero-order chi connectivity index (χ0) is 15.4. The van der Waals surface area contributed by atoms with Crippen molar-refractivity contribution in [3.8, 4) is 5.75 Å². The van der Waals surface area contributed by atoms with Crippen molar-refractivity contribution in [1.29, 1.82) is 0 Å². The standard InChI is InChI=1S/C17H20N4O2/c22-12-3-1-2-11(8-12)13-9-14(13)17-18-16(19-23-17)15-10-20-4-6-21(15)7-5-20/h1-3,8,13-15,22H,4-7,9-10H2/t13-,14+,15?/m0/s1. The van der Waals surface area contributed by atoms with Crippen LogP contribution in [0.2, 0.25) is 0 Å². The third-order valence-corrected chi connectivity index (χ3v) is 5.44. The van der Waals surface area contributed by atoms with Gasteiger partial charge in [0.25, 0.3) is 0 Å². The number of aromatic nitrogens is 2. The van der Waals surface area contributed by atoms with Crippen LogP contribution in [0.1, 0.15) is 41.6 Å². The molecule has 4 heterocycles. The molecule has 4 fully saturated rings. The van der Waals surface area contributed by atoms with Crippen molar-refractivity contribution in [2.24, 2.45) is 0 Å². The van der Waals surface area contributed by atoms with Gasteiger partial charge in [-0.2, -0.15) is 4.98 Å². The number of hydrogen-bond donors (Lipinski definition) is 1. The highest BCUT2D eigenvalue weighted by molar-refractivity contribution is 5.35. The van der Waals surface area contributed by atoms with Gasteiger partial charge in [-0.15, -0.1) is 0 Å². The van der Waals surface area contributed by atoms with Crippen LogP contribution in [0.15, 0.2) is 28.8 Å². The number of aromatic hydroxyl groups is 1. The van der Waals surface area contributed by atoms with E-state index in [2.05, 4.69) is 21.0 Å². The average molecular weight is 312 g/mol. The van der Waals surface area contributed by atoms with Gasteiger partial charge in [-0.3, -0.25) is 9.80 Å². The van der Waals surface area contributed by atoms with Crippen LogP contribution in [-0.4, -0.2) is 57.8 Å². The molecule has 3 atom stereocenters. The number of piperazine rings is 3. The van der Waals surface area contributed by atoms with Crippen LogP contribution >= 0.6 is 0 Å². The van der Waals surface area contributed by atoms with Gasteiger partial charge < -0.3 is 9.63 Å². The van der Waals surface area contributed by atoms with E-state index in [-0.39, 0.29) is 6.04 Å². The van der Waals surface area contributed by atoms with Gasteiger partial charge in [0, 0.05) is 38.6 Å². The average Bonchev–Trinajstić information content (AvgIpc) is 3.25. The van der Waals surface area contributed by atoms with Crippen molar-refractivity contribution in [3.05, 3.63) is 41.5 Å². The number of fused-ring (bicyclic) bond motifs is 3. The molecule has 2 aromatic rings. The molecule has 1 aromatic carbocycles. The summed E-state index contributed by atoms with van der Waals surface area (Å²) in [5.41, 5.74) is 1.15. The molecule has 1 unspecified atom stereocenters. The molecule has 2 bridgehead atoms. The van der Waals surface area contributed by atoms with E-state index in [0.717, 1.165) is 56.4 Å². The third-order valence-electron chi connectivity index (χ3n) is 5.44. The minimum Gasteiger partial charge on any atom is -0.508 e. The van der Waals surface area contributed by atoms with E-state index < -0.39 is 0 Å². The van der Waals surface area contributed by atoms with Crippen molar-refractivity contribution in [2.75, 3.05) is 32.7 Å². The van der Waals surface area contributed by atoms with Crippen molar-refractivity contribution >= 4 is 0 Å².